The first-order chi connectivity index (χ1) is 9.26. The summed E-state index contributed by atoms with van der Waals surface area (Å²) >= 11 is 1.18. The second-order valence-electron chi connectivity index (χ2n) is 3.45. The van der Waals surface area contributed by atoms with Crippen molar-refractivity contribution in [3.05, 3.63) is 18.2 Å². The standard InChI is InChI=1S/C12H12N2O4S/c1-16-9-5-8(6-10(7-9)17-2)11-13-14-12(18-11)19-4-3-15/h3,5-7H,4H2,1-2H3. The number of carbonyl (C=O) groups excluding carboxylic acids is 1. The lowest BCUT2D eigenvalue weighted by molar-refractivity contribution is -0.105. The van der Waals surface area contributed by atoms with Gasteiger partial charge in [0, 0.05) is 11.6 Å². The van der Waals surface area contributed by atoms with Gasteiger partial charge < -0.3 is 18.7 Å². The maximum Gasteiger partial charge on any atom is 0.277 e. The first-order valence-corrected chi connectivity index (χ1v) is 6.38. The van der Waals surface area contributed by atoms with Crippen molar-refractivity contribution < 1.29 is 18.7 Å². The van der Waals surface area contributed by atoms with Crippen LogP contribution in [-0.4, -0.2) is 36.5 Å². The van der Waals surface area contributed by atoms with E-state index < -0.39 is 0 Å². The van der Waals surface area contributed by atoms with Crippen molar-refractivity contribution in [2.45, 2.75) is 5.22 Å². The van der Waals surface area contributed by atoms with Crippen LogP contribution in [-0.2, 0) is 4.79 Å². The van der Waals surface area contributed by atoms with E-state index in [0.29, 0.717) is 28.2 Å². The van der Waals surface area contributed by atoms with E-state index in [4.69, 9.17) is 13.9 Å². The van der Waals surface area contributed by atoms with Crippen molar-refractivity contribution in [2.75, 3.05) is 20.0 Å². The maximum atomic E-state index is 10.3. The summed E-state index contributed by atoms with van der Waals surface area (Å²) in [4.78, 5) is 10.3. The van der Waals surface area contributed by atoms with Gasteiger partial charge in [0.25, 0.3) is 5.22 Å². The Hall–Kier alpha value is -2.02. The molecule has 100 valence electrons. The number of aromatic nitrogens is 2. The Balaban J connectivity index is 2.29. The van der Waals surface area contributed by atoms with Gasteiger partial charge in [0.1, 0.15) is 17.8 Å². The molecule has 6 nitrogen and oxygen atoms in total. The van der Waals surface area contributed by atoms with Crippen LogP contribution in [0.4, 0.5) is 0 Å². The monoisotopic (exact) mass is 280 g/mol. The van der Waals surface area contributed by atoms with Crippen LogP contribution >= 0.6 is 11.8 Å². The smallest absolute Gasteiger partial charge is 0.277 e. The van der Waals surface area contributed by atoms with Gasteiger partial charge in [0.05, 0.1) is 20.0 Å². The summed E-state index contributed by atoms with van der Waals surface area (Å²) in [5.74, 6) is 1.90. The van der Waals surface area contributed by atoms with Gasteiger partial charge in [-0.1, -0.05) is 11.8 Å². The van der Waals surface area contributed by atoms with E-state index in [1.807, 2.05) is 0 Å². The van der Waals surface area contributed by atoms with Crippen LogP contribution in [0.15, 0.2) is 27.8 Å². The van der Waals surface area contributed by atoms with Crippen molar-refractivity contribution in [2.24, 2.45) is 0 Å². The third-order valence-corrected chi connectivity index (χ3v) is 2.99. The summed E-state index contributed by atoms with van der Waals surface area (Å²) < 4.78 is 15.8. The molecule has 0 fully saturated rings. The number of carbonyl (C=O) groups is 1. The molecule has 0 radical (unpaired) electrons. The summed E-state index contributed by atoms with van der Waals surface area (Å²) in [5.41, 5.74) is 0.696. The highest BCUT2D eigenvalue weighted by atomic mass is 32.2. The number of hydrogen-bond donors (Lipinski definition) is 0. The minimum atomic E-state index is 0.281. The molecule has 2 rings (SSSR count). The minimum Gasteiger partial charge on any atom is -0.497 e. The van der Waals surface area contributed by atoms with Crippen LogP contribution in [0.5, 0.6) is 11.5 Å². The lowest BCUT2D eigenvalue weighted by atomic mass is 10.2. The summed E-state index contributed by atoms with van der Waals surface area (Å²) in [6.45, 7) is 0. The van der Waals surface area contributed by atoms with Crippen LogP contribution in [0.2, 0.25) is 0 Å². The second-order valence-corrected chi connectivity index (χ2v) is 4.42. The summed E-state index contributed by atoms with van der Waals surface area (Å²) in [7, 11) is 3.13. The number of hydrogen-bond acceptors (Lipinski definition) is 7. The van der Waals surface area contributed by atoms with Crippen LogP contribution in [0.25, 0.3) is 11.5 Å². The van der Waals surface area contributed by atoms with Gasteiger partial charge in [-0.2, -0.15) is 0 Å². The van der Waals surface area contributed by atoms with E-state index in [1.54, 1.807) is 32.4 Å². The van der Waals surface area contributed by atoms with E-state index in [-0.39, 0.29) is 5.75 Å². The molecule has 0 saturated carbocycles. The number of thioether (sulfide) groups is 1. The molecule has 0 aliphatic carbocycles. The molecule has 1 heterocycles. The van der Waals surface area contributed by atoms with Gasteiger partial charge >= 0.3 is 0 Å². The quantitative estimate of drug-likeness (QED) is 0.592. The molecule has 7 heteroatoms. The van der Waals surface area contributed by atoms with Gasteiger partial charge in [-0.25, -0.2) is 0 Å². The zero-order valence-electron chi connectivity index (χ0n) is 10.5. The van der Waals surface area contributed by atoms with Crippen molar-refractivity contribution in [3.63, 3.8) is 0 Å². The summed E-state index contributed by atoms with van der Waals surface area (Å²) in [5, 5.41) is 8.12. The normalized spacial score (nSPS) is 10.2. The van der Waals surface area contributed by atoms with Gasteiger partial charge in [-0.3, -0.25) is 0 Å². The zero-order valence-corrected chi connectivity index (χ0v) is 11.3. The molecular formula is C12H12N2O4S. The molecule has 0 unspecified atom stereocenters. The van der Waals surface area contributed by atoms with E-state index in [0.717, 1.165) is 6.29 Å². The largest absolute Gasteiger partial charge is 0.497 e. The maximum absolute atomic E-state index is 10.3. The number of aldehydes is 1. The van der Waals surface area contributed by atoms with Crippen molar-refractivity contribution >= 4 is 18.0 Å². The Morgan fingerprint density at radius 2 is 1.89 bits per heavy atom. The minimum absolute atomic E-state index is 0.281. The number of benzene rings is 1. The second kappa shape index (κ2) is 6.24. The molecule has 19 heavy (non-hydrogen) atoms. The van der Waals surface area contributed by atoms with Gasteiger partial charge in [-0.05, 0) is 12.1 Å². The van der Waals surface area contributed by atoms with Gasteiger partial charge in [0.2, 0.25) is 5.89 Å². The van der Waals surface area contributed by atoms with Crippen LogP contribution in [0.3, 0.4) is 0 Å². The highest BCUT2D eigenvalue weighted by Crippen LogP contribution is 2.30. The Kier molecular flexibility index (Phi) is 4.40. The molecule has 0 atom stereocenters. The Labute approximate surface area is 114 Å². The first-order valence-electron chi connectivity index (χ1n) is 5.40. The Morgan fingerprint density at radius 3 is 2.47 bits per heavy atom. The molecule has 0 N–H and O–H groups in total. The van der Waals surface area contributed by atoms with Gasteiger partial charge in [-0.15, -0.1) is 10.2 Å². The SMILES string of the molecule is COc1cc(OC)cc(-c2nnc(SCC=O)o2)c1. The third kappa shape index (κ3) is 3.25. The van der Waals surface area contributed by atoms with Crippen molar-refractivity contribution in [1.82, 2.24) is 10.2 Å². The first kappa shape index (κ1) is 13.4. The van der Waals surface area contributed by atoms with Crippen molar-refractivity contribution in [1.29, 1.82) is 0 Å². The predicted octanol–water partition coefficient (Wildman–Crippen LogP) is 2.04. The fraction of sp³-hybridized carbons (Fsp3) is 0.250. The van der Waals surface area contributed by atoms with E-state index in [2.05, 4.69) is 10.2 Å². The van der Waals surface area contributed by atoms with E-state index in [9.17, 15) is 4.79 Å². The average Bonchev–Trinajstić information content (AvgIpc) is 2.93. The number of rotatable bonds is 6. The summed E-state index contributed by atoms with van der Waals surface area (Å²) in [6.07, 6.45) is 0.781. The lowest BCUT2D eigenvalue weighted by Crippen LogP contribution is -1.88. The van der Waals surface area contributed by atoms with Crippen LogP contribution < -0.4 is 9.47 Å². The van der Waals surface area contributed by atoms with E-state index >= 15 is 0 Å². The molecule has 1 aromatic carbocycles. The molecule has 0 amide bonds. The molecule has 0 bridgehead atoms. The molecule has 1 aromatic heterocycles. The predicted molar refractivity (Wildman–Crippen MR) is 69.6 cm³/mol. The zero-order chi connectivity index (χ0) is 13.7. The fourth-order valence-electron chi connectivity index (χ4n) is 1.42. The molecule has 0 aliphatic rings. The Morgan fingerprint density at radius 1 is 1.21 bits per heavy atom. The van der Waals surface area contributed by atoms with E-state index in [1.165, 1.54) is 11.8 Å². The lowest BCUT2D eigenvalue weighted by Gasteiger charge is -2.05. The molecule has 0 aliphatic heterocycles. The topological polar surface area (TPSA) is 74.5 Å². The highest BCUT2D eigenvalue weighted by Gasteiger charge is 2.11. The third-order valence-electron chi connectivity index (χ3n) is 2.28. The van der Waals surface area contributed by atoms with Crippen LogP contribution in [0.1, 0.15) is 0 Å². The van der Waals surface area contributed by atoms with Crippen LogP contribution in [0, 0.1) is 0 Å². The van der Waals surface area contributed by atoms with Gasteiger partial charge in [0.15, 0.2) is 0 Å². The molecule has 0 saturated heterocycles. The highest BCUT2D eigenvalue weighted by molar-refractivity contribution is 7.99. The number of nitrogens with zero attached hydrogens (tertiary/aromatic N) is 2. The average molecular weight is 280 g/mol. The molecule has 0 spiro atoms. The Bertz CT molecular complexity index is 548. The summed E-state index contributed by atoms with van der Waals surface area (Å²) in [6, 6.07) is 5.29. The molecular weight excluding hydrogens is 268 g/mol. The fourth-order valence-corrected chi connectivity index (χ4v) is 1.87. The number of ether oxygens (including phenoxy) is 2. The van der Waals surface area contributed by atoms with Crippen molar-refractivity contribution in [3.8, 4) is 23.0 Å². The number of methoxy groups -OCH3 is 2. The molecule has 2 aromatic rings.